The molecule has 3 rings (SSSR count). The summed E-state index contributed by atoms with van der Waals surface area (Å²) in [4.78, 5) is 5.42. The van der Waals surface area contributed by atoms with Gasteiger partial charge in [0.05, 0.1) is 0 Å². The van der Waals surface area contributed by atoms with Gasteiger partial charge in [-0.2, -0.15) is 0 Å². The average Bonchev–Trinajstić information content (AvgIpc) is 3.06. The molecule has 1 saturated heterocycles. The highest BCUT2D eigenvalue weighted by Gasteiger charge is 2.32. The first-order valence-corrected chi connectivity index (χ1v) is 8.10. The second-order valence-corrected chi connectivity index (χ2v) is 7.09. The topological polar surface area (TPSA) is 29.3 Å². The van der Waals surface area contributed by atoms with Crippen molar-refractivity contribution in [3.8, 4) is 0 Å². The number of nitrogens with two attached hydrogens (primary N) is 1. The van der Waals surface area contributed by atoms with Crippen LogP contribution in [0.15, 0.2) is 42.5 Å². The zero-order valence-corrected chi connectivity index (χ0v) is 14.0. The number of hydrogen-bond acceptors (Lipinski definition) is 3. The molecule has 0 aliphatic carbocycles. The number of aryl methyl sites for hydroxylation is 1. The van der Waals surface area contributed by atoms with Gasteiger partial charge in [-0.1, -0.05) is 30.3 Å². The summed E-state index contributed by atoms with van der Waals surface area (Å²) in [7, 11) is 0. The minimum absolute atomic E-state index is 0. The van der Waals surface area contributed by atoms with Gasteiger partial charge in [-0.15, -0.1) is 23.7 Å². The smallest absolute Gasteiger partial charge is 0.0328 e. The lowest BCUT2D eigenvalue weighted by atomic mass is 9.89. The summed E-state index contributed by atoms with van der Waals surface area (Å²) in [5.41, 5.74) is 7.43. The molecule has 2 atom stereocenters. The van der Waals surface area contributed by atoms with Gasteiger partial charge in [-0.25, -0.2) is 0 Å². The summed E-state index contributed by atoms with van der Waals surface area (Å²) < 4.78 is 0. The Morgan fingerprint density at radius 3 is 2.52 bits per heavy atom. The largest absolute Gasteiger partial charge is 0.330 e. The molecule has 1 aromatic carbocycles. The maximum Gasteiger partial charge on any atom is 0.0328 e. The van der Waals surface area contributed by atoms with Crippen molar-refractivity contribution in [2.75, 3.05) is 19.6 Å². The van der Waals surface area contributed by atoms with Crippen LogP contribution in [0.5, 0.6) is 0 Å². The van der Waals surface area contributed by atoms with Gasteiger partial charge >= 0.3 is 0 Å². The van der Waals surface area contributed by atoms with Crippen molar-refractivity contribution < 1.29 is 0 Å². The number of thiophene rings is 1. The van der Waals surface area contributed by atoms with E-state index in [4.69, 9.17) is 5.73 Å². The molecule has 2 aromatic rings. The fourth-order valence-corrected chi connectivity index (χ4v) is 4.13. The highest BCUT2D eigenvalue weighted by molar-refractivity contribution is 7.11. The van der Waals surface area contributed by atoms with Gasteiger partial charge in [-0.05, 0) is 37.1 Å². The molecule has 1 aliphatic rings. The Kier molecular flexibility index (Phi) is 5.82. The van der Waals surface area contributed by atoms with Crippen molar-refractivity contribution in [3.63, 3.8) is 0 Å². The van der Waals surface area contributed by atoms with Crippen molar-refractivity contribution in [1.29, 1.82) is 0 Å². The van der Waals surface area contributed by atoms with E-state index in [0.29, 0.717) is 11.8 Å². The van der Waals surface area contributed by atoms with Crippen molar-refractivity contribution in [1.82, 2.24) is 4.90 Å². The summed E-state index contributed by atoms with van der Waals surface area (Å²) in [5, 5.41) is 0. The predicted octanol–water partition coefficient (Wildman–Crippen LogP) is 3.65. The molecule has 1 fully saturated rings. The maximum absolute atomic E-state index is 6.00. The monoisotopic (exact) mass is 322 g/mol. The first-order valence-electron chi connectivity index (χ1n) is 7.29. The molecule has 0 amide bonds. The molecule has 1 aromatic heterocycles. The van der Waals surface area contributed by atoms with Crippen LogP contribution in [0, 0.1) is 12.8 Å². The third kappa shape index (κ3) is 3.86. The van der Waals surface area contributed by atoms with E-state index in [2.05, 4.69) is 54.3 Å². The van der Waals surface area contributed by atoms with E-state index < -0.39 is 0 Å². The van der Waals surface area contributed by atoms with Gasteiger partial charge in [0.2, 0.25) is 0 Å². The van der Waals surface area contributed by atoms with Gasteiger partial charge in [-0.3, -0.25) is 4.90 Å². The lowest BCUT2D eigenvalue weighted by Gasteiger charge is -2.16. The molecule has 114 valence electrons. The van der Waals surface area contributed by atoms with Crippen LogP contribution in [0.4, 0.5) is 0 Å². The third-order valence-electron chi connectivity index (χ3n) is 4.22. The predicted molar refractivity (Wildman–Crippen MR) is 93.3 cm³/mol. The van der Waals surface area contributed by atoms with Gasteiger partial charge in [0.15, 0.2) is 0 Å². The van der Waals surface area contributed by atoms with Crippen LogP contribution in [0.25, 0.3) is 0 Å². The van der Waals surface area contributed by atoms with Crippen molar-refractivity contribution in [2.45, 2.75) is 19.4 Å². The lowest BCUT2D eigenvalue weighted by molar-refractivity contribution is 0.319. The first kappa shape index (κ1) is 16.5. The molecule has 2 heterocycles. The molecule has 2 N–H and O–H groups in total. The zero-order chi connectivity index (χ0) is 13.9. The Bertz CT molecular complexity index is 555. The number of halogens is 1. The molecule has 4 heteroatoms. The maximum atomic E-state index is 6.00. The molecule has 0 spiro atoms. The fourth-order valence-electron chi connectivity index (χ4n) is 3.20. The summed E-state index contributed by atoms with van der Waals surface area (Å²) in [5.74, 6) is 1.17. The standard InChI is InChI=1S/C17H22N2S.ClH/c1-13-7-8-16(20-13)11-19-10-15(9-18)17(12-19)14-5-3-2-4-6-14;/h2-8,15,17H,9-12,18H2,1H3;1H/t15-,17+;/m1./s1. The molecule has 0 unspecified atom stereocenters. The van der Waals surface area contributed by atoms with Crippen LogP contribution in [-0.4, -0.2) is 24.5 Å². The van der Waals surface area contributed by atoms with Crippen LogP contribution in [0.3, 0.4) is 0 Å². The Labute approximate surface area is 137 Å². The van der Waals surface area contributed by atoms with E-state index in [9.17, 15) is 0 Å². The summed E-state index contributed by atoms with van der Waals surface area (Å²) in [6.07, 6.45) is 0. The summed E-state index contributed by atoms with van der Waals surface area (Å²) >= 11 is 1.91. The minimum atomic E-state index is 0. The highest BCUT2D eigenvalue weighted by Crippen LogP contribution is 2.33. The van der Waals surface area contributed by atoms with E-state index in [1.807, 2.05) is 11.3 Å². The van der Waals surface area contributed by atoms with E-state index in [1.54, 1.807) is 0 Å². The Morgan fingerprint density at radius 2 is 1.90 bits per heavy atom. The second kappa shape index (κ2) is 7.41. The molecule has 0 saturated carbocycles. The molecule has 1 aliphatic heterocycles. The molecule has 0 bridgehead atoms. The molecular weight excluding hydrogens is 300 g/mol. The van der Waals surface area contributed by atoms with Gasteiger partial charge < -0.3 is 5.73 Å². The Balaban J connectivity index is 0.00000161. The average molecular weight is 323 g/mol. The molecule has 21 heavy (non-hydrogen) atoms. The second-order valence-electron chi connectivity index (χ2n) is 5.72. The molecular formula is C17H23ClN2S. The van der Waals surface area contributed by atoms with Gasteiger partial charge in [0, 0.05) is 35.3 Å². The molecule has 2 nitrogen and oxygen atoms in total. The lowest BCUT2D eigenvalue weighted by Crippen LogP contribution is -2.22. The number of likely N-dealkylation sites (tertiary alicyclic amines) is 1. The highest BCUT2D eigenvalue weighted by atomic mass is 35.5. The fraction of sp³-hybridized carbons (Fsp3) is 0.412. The van der Waals surface area contributed by atoms with Crippen LogP contribution in [0.1, 0.15) is 21.2 Å². The number of rotatable bonds is 4. The summed E-state index contributed by atoms with van der Waals surface area (Å²) in [6, 6.07) is 15.3. The zero-order valence-electron chi connectivity index (χ0n) is 12.4. The van der Waals surface area contributed by atoms with Gasteiger partial charge in [0.25, 0.3) is 0 Å². The minimum Gasteiger partial charge on any atom is -0.330 e. The van der Waals surface area contributed by atoms with E-state index in [0.717, 1.165) is 26.2 Å². The quantitative estimate of drug-likeness (QED) is 0.931. The Hall–Kier alpha value is -0.870. The molecule has 0 radical (unpaired) electrons. The van der Waals surface area contributed by atoms with E-state index >= 15 is 0 Å². The van der Waals surface area contributed by atoms with Crippen LogP contribution in [-0.2, 0) is 6.54 Å². The third-order valence-corrected chi connectivity index (χ3v) is 5.21. The van der Waals surface area contributed by atoms with Crippen molar-refractivity contribution in [3.05, 3.63) is 57.8 Å². The van der Waals surface area contributed by atoms with Crippen molar-refractivity contribution in [2.24, 2.45) is 11.7 Å². The van der Waals surface area contributed by atoms with Crippen molar-refractivity contribution >= 4 is 23.7 Å². The van der Waals surface area contributed by atoms with Crippen LogP contribution >= 0.6 is 23.7 Å². The van der Waals surface area contributed by atoms with Crippen LogP contribution in [0.2, 0.25) is 0 Å². The summed E-state index contributed by atoms with van der Waals surface area (Å²) in [6.45, 7) is 6.27. The normalized spacial score (nSPS) is 22.2. The van der Waals surface area contributed by atoms with Crippen LogP contribution < -0.4 is 5.73 Å². The van der Waals surface area contributed by atoms with E-state index in [-0.39, 0.29) is 12.4 Å². The van der Waals surface area contributed by atoms with Gasteiger partial charge in [0.1, 0.15) is 0 Å². The number of hydrogen-bond donors (Lipinski definition) is 1. The Morgan fingerprint density at radius 1 is 1.14 bits per heavy atom. The van der Waals surface area contributed by atoms with E-state index in [1.165, 1.54) is 15.3 Å². The number of nitrogens with zero attached hydrogens (tertiary/aromatic N) is 1. The number of benzene rings is 1. The SMILES string of the molecule is Cc1ccc(CN2C[C@@H](CN)[C@H](c3ccccc3)C2)s1.Cl. The first-order chi connectivity index (χ1) is 9.76.